The van der Waals surface area contributed by atoms with Crippen molar-refractivity contribution in [3.63, 3.8) is 0 Å². The SMILES string of the molecule is O=C(N[C@@]1(c2ccccc2F)COC(C(F)(F)F)[C@H]1CO)OCc1ccccc1. The van der Waals surface area contributed by atoms with Gasteiger partial charge in [0.25, 0.3) is 0 Å². The van der Waals surface area contributed by atoms with Crippen molar-refractivity contribution in [3.8, 4) is 0 Å². The van der Waals surface area contributed by atoms with Crippen LogP contribution in [0.1, 0.15) is 11.1 Å². The molecule has 0 aromatic heterocycles. The summed E-state index contributed by atoms with van der Waals surface area (Å²) in [6.45, 7) is -1.80. The lowest BCUT2D eigenvalue weighted by Crippen LogP contribution is -2.55. The minimum atomic E-state index is -4.81. The van der Waals surface area contributed by atoms with E-state index in [0.29, 0.717) is 5.56 Å². The predicted octanol–water partition coefficient (Wildman–Crippen LogP) is 3.52. The summed E-state index contributed by atoms with van der Waals surface area (Å²) in [4.78, 5) is 12.4. The van der Waals surface area contributed by atoms with Gasteiger partial charge in [0.15, 0.2) is 6.10 Å². The number of rotatable bonds is 5. The Kier molecular flexibility index (Phi) is 6.09. The number of halogens is 4. The van der Waals surface area contributed by atoms with E-state index in [4.69, 9.17) is 9.47 Å². The van der Waals surface area contributed by atoms with Crippen LogP contribution in [0, 0.1) is 11.7 Å². The molecule has 1 aliphatic rings. The first-order valence-corrected chi connectivity index (χ1v) is 8.81. The molecular formula is C20H19F4NO4. The molecule has 0 saturated carbocycles. The van der Waals surface area contributed by atoms with Gasteiger partial charge >= 0.3 is 12.3 Å². The fourth-order valence-corrected chi connectivity index (χ4v) is 3.51. The van der Waals surface area contributed by atoms with Crippen LogP contribution in [-0.2, 0) is 21.6 Å². The topological polar surface area (TPSA) is 67.8 Å². The monoisotopic (exact) mass is 413 g/mol. The first-order chi connectivity index (χ1) is 13.8. The summed E-state index contributed by atoms with van der Waals surface area (Å²) in [5.74, 6) is -2.50. The Bertz CT molecular complexity index is 846. The standard InChI is InChI=1S/C20H19F4NO4/c21-16-9-5-4-8-14(16)19(12-29-17(15(19)10-26)20(22,23)24)25-18(27)28-11-13-6-2-1-3-7-13/h1-9,15,17,26H,10-12H2,(H,25,27)/t15-,17?,19-/m1/s1. The van der Waals surface area contributed by atoms with E-state index in [0.717, 1.165) is 6.07 Å². The number of amides is 1. The third-order valence-electron chi connectivity index (χ3n) is 4.90. The van der Waals surface area contributed by atoms with Crippen LogP contribution in [0.15, 0.2) is 54.6 Å². The molecule has 1 unspecified atom stereocenters. The molecule has 156 valence electrons. The second-order valence-electron chi connectivity index (χ2n) is 6.70. The van der Waals surface area contributed by atoms with Crippen LogP contribution in [0.2, 0.25) is 0 Å². The highest BCUT2D eigenvalue weighted by Crippen LogP contribution is 2.45. The number of nitrogens with one attached hydrogen (secondary N) is 1. The maximum atomic E-state index is 14.5. The van der Waals surface area contributed by atoms with Gasteiger partial charge in [0.2, 0.25) is 0 Å². The Labute approximate surface area is 164 Å². The summed E-state index contributed by atoms with van der Waals surface area (Å²) in [5, 5.41) is 12.1. The molecule has 0 aliphatic carbocycles. The molecule has 1 aliphatic heterocycles. The lowest BCUT2D eigenvalue weighted by atomic mass is 9.77. The highest BCUT2D eigenvalue weighted by atomic mass is 19.4. The van der Waals surface area contributed by atoms with Crippen LogP contribution >= 0.6 is 0 Å². The van der Waals surface area contributed by atoms with Crippen molar-refractivity contribution in [2.45, 2.75) is 24.4 Å². The molecule has 5 nitrogen and oxygen atoms in total. The van der Waals surface area contributed by atoms with Crippen molar-refractivity contribution in [3.05, 3.63) is 71.5 Å². The van der Waals surface area contributed by atoms with E-state index in [1.54, 1.807) is 30.3 Å². The van der Waals surface area contributed by atoms with E-state index >= 15 is 0 Å². The molecule has 1 heterocycles. The number of carbonyl (C=O) groups is 1. The Morgan fingerprint density at radius 2 is 1.83 bits per heavy atom. The quantitative estimate of drug-likeness (QED) is 0.737. The normalized spacial score (nSPS) is 24.3. The molecule has 1 saturated heterocycles. The van der Waals surface area contributed by atoms with E-state index in [1.165, 1.54) is 18.2 Å². The minimum Gasteiger partial charge on any atom is -0.445 e. The van der Waals surface area contributed by atoms with Crippen molar-refractivity contribution >= 4 is 6.09 Å². The predicted molar refractivity (Wildman–Crippen MR) is 94.2 cm³/mol. The summed E-state index contributed by atoms with van der Waals surface area (Å²) in [7, 11) is 0. The van der Waals surface area contributed by atoms with E-state index in [-0.39, 0.29) is 12.2 Å². The molecule has 9 heteroatoms. The number of benzene rings is 2. The molecule has 0 spiro atoms. The number of hydrogen-bond acceptors (Lipinski definition) is 4. The highest BCUT2D eigenvalue weighted by molar-refractivity contribution is 5.69. The molecule has 0 radical (unpaired) electrons. The van der Waals surface area contributed by atoms with E-state index in [2.05, 4.69) is 5.32 Å². The lowest BCUT2D eigenvalue weighted by molar-refractivity contribution is -0.219. The molecule has 2 aromatic rings. The lowest BCUT2D eigenvalue weighted by Gasteiger charge is -2.35. The molecule has 29 heavy (non-hydrogen) atoms. The van der Waals surface area contributed by atoms with Gasteiger partial charge in [0, 0.05) is 11.5 Å². The Hall–Kier alpha value is -2.65. The Balaban J connectivity index is 1.90. The van der Waals surface area contributed by atoms with Gasteiger partial charge in [-0.05, 0) is 11.6 Å². The fraction of sp³-hybridized carbons (Fsp3) is 0.350. The molecule has 1 fully saturated rings. The number of carbonyl (C=O) groups excluding carboxylic acids is 1. The van der Waals surface area contributed by atoms with E-state index < -0.39 is 48.9 Å². The fourth-order valence-electron chi connectivity index (χ4n) is 3.51. The van der Waals surface area contributed by atoms with Crippen LogP contribution in [0.3, 0.4) is 0 Å². The molecule has 3 rings (SSSR count). The Morgan fingerprint density at radius 1 is 1.17 bits per heavy atom. The van der Waals surface area contributed by atoms with Gasteiger partial charge in [0.05, 0.1) is 13.2 Å². The van der Waals surface area contributed by atoms with E-state index in [1.807, 2.05) is 0 Å². The second kappa shape index (κ2) is 8.38. The number of ether oxygens (including phenoxy) is 2. The molecule has 2 N–H and O–H groups in total. The van der Waals surface area contributed by atoms with Gasteiger partial charge in [-0.3, -0.25) is 0 Å². The van der Waals surface area contributed by atoms with Crippen molar-refractivity contribution in [2.75, 3.05) is 13.2 Å². The maximum Gasteiger partial charge on any atom is 0.415 e. The minimum absolute atomic E-state index is 0.132. The number of alkyl carbamates (subject to hydrolysis) is 1. The van der Waals surface area contributed by atoms with E-state index in [9.17, 15) is 27.5 Å². The summed E-state index contributed by atoms with van der Waals surface area (Å²) in [6, 6.07) is 13.7. The van der Waals surface area contributed by atoms with Crippen LogP contribution in [0.5, 0.6) is 0 Å². The average Bonchev–Trinajstić information content (AvgIpc) is 3.07. The van der Waals surface area contributed by atoms with Crippen molar-refractivity contribution in [2.24, 2.45) is 5.92 Å². The first-order valence-electron chi connectivity index (χ1n) is 8.81. The summed E-state index contributed by atoms with van der Waals surface area (Å²) in [6.07, 6.45) is -8.24. The van der Waals surface area contributed by atoms with Crippen molar-refractivity contribution < 1.29 is 36.9 Å². The molecular weight excluding hydrogens is 394 g/mol. The van der Waals surface area contributed by atoms with Gasteiger partial charge < -0.3 is 19.9 Å². The Morgan fingerprint density at radius 3 is 2.45 bits per heavy atom. The van der Waals surface area contributed by atoms with Crippen molar-refractivity contribution in [1.82, 2.24) is 5.32 Å². The summed E-state index contributed by atoms with van der Waals surface area (Å²) >= 11 is 0. The van der Waals surface area contributed by atoms with Crippen molar-refractivity contribution in [1.29, 1.82) is 0 Å². The molecule has 2 aromatic carbocycles. The third-order valence-corrected chi connectivity index (χ3v) is 4.90. The zero-order valence-corrected chi connectivity index (χ0v) is 15.2. The first kappa shape index (κ1) is 21.1. The molecule has 0 bridgehead atoms. The average molecular weight is 413 g/mol. The smallest absolute Gasteiger partial charge is 0.415 e. The number of aliphatic hydroxyl groups is 1. The zero-order valence-electron chi connectivity index (χ0n) is 15.2. The third kappa shape index (κ3) is 4.35. The van der Waals surface area contributed by atoms with Crippen LogP contribution in [0.25, 0.3) is 0 Å². The number of aliphatic hydroxyl groups excluding tert-OH is 1. The van der Waals surface area contributed by atoms with Gasteiger partial charge in [-0.25, -0.2) is 9.18 Å². The van der Waals surface area contributed by atoms with Crippen LogP contribution in [-0.4, -0.2) is 36.7 Å². The van der Waals surface area contributed by atoms with Crippen LogP contribution < -0.4 is 5.32 Å². The van der Waals surface area contributed by atoms with Crippen LogP contribution in [0.4, 0.5) is 22.4 Å². The molecule has 1 amide bonds. The van der Waals surface area contributed by atoms with Gasteiger partial charge in [-0.1, -0.05) is 48.5 Å². The number of alkyl halides is 3. The van der Waals surface area contributed by atoms with Gasteiger partial charge in [-0.2, -0.15) is 13.2 Å². The highest BCUT2D eigenvalue weighted by Gasteiger charge is 2.61. The van der Waals surface area contributed by atoms with Gasteiger partial charge in [-0.15, -0.1) is 0 Å². The largest absolute Gasteiger partial charge is 0.445 e. The van der Waals surface area contributed by atoms with Gasteiger partial charge in [0.1, 0.15) is 18.0 Å². The zero-order chi connectivity index (χ0) is 21.1. The maximum absolute atomic E-state index is 14.5. The number of hydrogen-bond donors (Lipinski definition) is 2. The summed E-state index contributed by atoms with van der Waals surface area (Å²) in [5.41, 5.74) is -1.51. The molecule has 3 atom stereocenters. The second-order valence-corrected chi connectivity index (χ2v) is 6.70. The summed E-state index contributed by atoms with van der Waals surface area (Å²) < 4.78 is 64.7.